The Balaban J connectivity index is 2.20. The van der Waals surface area contributed by atoms with Crippen molar-refractivity contribution in [2.75, 3.05) is 11.5 Å². The van der Waals surface area contributed by atoms with Crippen molar-refractivity contribution >= 4 is 23.5 Å². The summed E-state index contributed by atoms with van der Waals surface area (Å²) in [5.41, 5.74) is 5.76. The molecular weight excluding hydrogens is 316 g/mol. The summed E-state index contributed by atoms with van der Waals surface area (Å²) in [6.07, 6.45) is 1.25. The molecule has 2 aromatic rings. The van der Waals surface area contributed by atoms with Crippen molar-refractivity contribution in [2.24, 2.45) is 5.92 Å². The summed E-state index contributed by atoms with van der Waals surface area (Å²) in [6, 6.07) is 17.8. The standard InChI is InChI=1S/C21H28S2/c1-4-13-22-15-18-9-5-7-11-20(18)21-12-8-6-10-19(21)16-23-14-17(2)3/h5-12,17H,4,13-16H2,1-3H3. The first-order chi connectivity index (χ1) is 11.2. The summed E-state index contributed by atoms with van der Waals surface area (Å²) in [6.45, 7) is 6.83. The van der Waals surface area contributed by atoms with E-state index in [-0.39, 0.29) is 0 Å². The Morgan fingerprint density at radius 1 is 0.783 bits per heavy atom. The van der Waals surface area contributed by atoms with Crippen LogP contribution in [0.5, 0.6) is 0 Å². The summed E-state index contributed by atoms with van der Waals surface area (Å²) in [7, 11) is 0. The molecule has 0 unspecified atom stereocenters. The van der Waals surface area contributed by atoms with Gasteiger partial charge in [0.15, 0.2) is 0 Å². The van der Waals surface area contributed by atoms with Gasteiger partial charge >= 0.3 is 0 Å². The molecule has 0 N–H and O–H groups in total. The summed E-state index contributed by atoms with van der Waals surface area (Å²) >= 11 is 4.08. The van der Waals surface area contributed by atoms with Crippen LogP contribution in [-0.2, 0) is 11.5 Å². The van der Waals surface area contributed by atoms with Gasteiger partial charge < -0.3 is 0 Å². The minimum Gasteiger partial charge on any atom is -0.157 e. The second-order valence-electron chi connectivity index (χ2n) is 6.28. The molecule has 0 aromatic heterocycles. The predicted molar refractivity (Wildman–Crippen MR) is 109 cm³/mol. The lowest BCUT2D eigenvalue weighted by molar-refractivity contribution is 0.750. The number of benzene rings is 2. The smallest absolute Gasteiger partial charge is 0.0190 e. The minimum absolute atomic E-state index is 0.755. The van der Waals surface area contributed by atoms with Crippen LogP contribution in [0.15, 0.2) is 48.5 Å². The fraction of sp³-hybridized carbons (Fsp3) is 0.429. The number of hydrogen-bond donors (Lipinski definition) is 0. The lowest BCUT2D eigenvalue weighted by atomic mass is 9.97. The van der Waals surface area contributed by atoms with E-state index in [2.05, 4.69) is 69.3 Å². The Bertz CT molecular complexity index is 590. The molecule has 0 spiro atoms. The van der Waals surface area contributed by atoms with E-state index in [1.165, 1.54) is 40.2 Å². The highest BCUT2D eigenvalue weighted by Gasteiger charge is 2.09. The molecule has 23 heavy (non-hydrogen) atoms. The van der Waals surface area contributed by atoms with Crippen molar-refractivity contribution in [3.05, 3.63) is 59.7 Å². The van der Waals surface area contributed by atoms with Crippen molar-refractivity contribution in [2.45, 2.75) is 38.7 Å². The SMILES string of the molecule is CCCSCc1ccccc1-c1ccccc1CSCC(C)C. The molecular formula is C21H28S2. The van der Waals surface area contributed by atoms with Crippen molar-refractivity contribution < 1.29 is 0 Å². The van der Waals surface area contributed by atoms with E-state index >= 15 is 0 Å². The molecule has 0 saturated heterocycles. The lowest BCUT2D eigenvalue weighted by Crippen LogP contribution is -1.95. The molecule has 2 rings (SSSR count). The molecule has 0 radical (unpaired) electrons. The van der Waals surface area contributed by atoms with Crippen molar-refractivity contribution in [1.82, 2.24) is 0 Å². The van der Waals surface area contributed by atoms with Crippen LogP contribution in [-0.4, -0.2) is 11.5 Å². The van der Waals surface area contributed by atoms with Crippen LogP contribution < -0.4 is 0 Å². The van der Waals surface area contributed by atoms with Crippen LogP contribution in [0.1, 0.15) is 38.3 Å². The molecule has 0 nitrogen and oxygen atoms in total. The molecule has 2 heteroatoms. The van der Waals surface area contributed by atoms with Gasteiger partial charge in [-0.25, -0.2) is 0 Å². The highest BCUT2D eigenvalue weighted by atomic mass is 32.2. The topological polar surface area (TPSA) is 0 Å². The molecule has 0 saturated carbocycles. The molecule has 0 aliphatic rings. The normalized spacial score (nSPS) is 11.1. The van der Waals surface area contributed by atoms with Crippen LogP contribution >= 0.6 is 23.5 Å². The van der Waals surface area contributed by atoms with E-state index in [1.807, 2.05) is 23.5 Å². The van der Waals surface area contributed by atoms with Crippen LogP contribution in [0, 0.1) is 5.92 Å². The maximum atomic E-state index is 2.29. The average Bonchev–Trinajstić information content (AvgIpc) is 2.56. The second kappa shape index (κ2) is 10.1. The van der Waals surface area contributed by atoms with Gasteiger partial charge in [0.05, 0.1) is 0 Å². The predicted octanol–water partition coefficient (Wildman–Crippen LogP) is 6.89. The van der Waals surface area contributed by atoms with Gasteiger partial charge in [0, 0.05) is 11.5 Å². The maximum Gasteiger partial charge on any atom is 0.0190 e. The first-order valence-electron chi connectivity index (χ1n) is 8.54. The Morgan fingerprint density at radius 3 is 1.83 bits per heavy atom. The van der Waals surface area contributed by atoms with Crippen molar-refractivity contribution in [1.29, 1.82) is 0 Å². The van der Waals surface area contributed by atoms with E-state index < -0.39 is 0 Å². The first kappa shape index (κ1) is 18.5. The first-order valence-corrected chi connectivity index (χ1v) is 10.8. The fourth-order valence-corrected chi connectivity index (χ4v) is 4.51. The van der Waals surface area contributed by atoms with Gasteiger partial charge in [-0.2, -0.15) is 23.5 Å². The fourth-order valence-electron chi connectivity index (χ4n) is 2.55. The largest absolute Gasteiger partial charge is 0.157 e. The third-order valence-corrected chi connectivity index (χ3v) is 6.27. The molecule has 0 fully saturated rings. The third kappa shape index (κ3) is 5.93. The van der Waals surface area contributed by atoms with E-state index in [4.69, 9.17) is 0 Å². The van der Waals surface area contributed by atoms with Crippen LogP contribution in [0.4, 0.5) is 0 Å². The Hall–Kier alpha value is -0.860. The van der Waals surface area contributed by atoms with E-state index in [9.17, 15) is 0 Å². The zero-order chi connectivity index (χ0) is 16.5. The Morgan fingerprint density at radius 2 is 1.30 bits per heavy atom. The third-order valence-electron chi connectivity index (χ3n) is 3.64. The summed E-state index contributed by atoms with van der Waals surface area (Å²) < 4.78 is 0. The molecule has 0 amide bonds. The Labute approximate surface area is 150 Å². The molecule has 2 aromatic carbocycles. The molecule has 0 atom stereocenters. The molecule has 124 valence electrons. The molecule has 0 heterocycles. The highest BCUT2D eigenvalue weighted by Crippen LogP contribution is 2.31. The van der Waals surface area contributed by atoms with Crippen molar-refractivity contribution in [3.8, 4) is 11.1 Å². The average molecular weight is 345 g/mol. The summed E-state index contributed by atoms with van der Waals surface area (Å²) in [5, 5.41) is 0. The molecule has 0 bridgehead atoms. The summed E-state index contributed by atoms with van der Waals surface area (Å²) in [4.78, 5) is 0. The van der Waals surface area contributed by atoms with E-state index in [1.54, 1.807) is 0 Å². The second-order valence-corrected chi connectivity index (χ2v) is 8.41. The maximum absolute atomic E-state index is 2.29. The monoisotopic (exact) mass is 344 g/mol. The Kier molecular flexibility index (Phi) is 8.11. The van der Waals surface area contributed by atoms with Crippen molar-refractivity contribution in [3.63, 3.8) is 0 Å². The van der Waals surface area contributed by atoms with Gasteiger partial charge in [0.1, 0.15) is 0 Å². The lowest BCUT2D eigenvalue weighted by Gasteiger charge is -2.14. The van der Waals surface area contributed by atoms with E-state index in [0.717, 1.165) is 17.4 Å². The van der Waals surface area contributed by atoms with Gasteiger partial charge in [0.25, 0.3) is 0 Å². The van der Waals surface area contributed by atoms with Gasteiger partial charge in [-0.1, -0.05) is 69.3 Å². The quantitative estimate of drug-likeness (QED) is 0.454. The highest BCUT2D eigenvalue weighted by molar-refractivity contribution is 7.98. The summed E-state index contributed by atoms with van der Waals surface area (Å²) in [5.74, 6) is 5.43. The number of thioether (sulfide) groups is 2. The van der Waals surface area contributed by atoms with Crippen LogP contribution in [0.3, 0.4) is 0 Å². The van der Waals surface area contributed by atoms with Crippen LogP contribution in [0.2, 0.25) is 0 Å². The molecule has 0 aliphatic carbocycles. The van der Waals surface area contributed by atoms with Gasteiger partial charge in [0.2, 0.25) is 0 Å². The van der Waals surface area contributed by atoms with E-state index in [0.29, 0.717) is 0 Å². The van der Waals surface area contributed by atoms with Gasteiger partial charge in [-0.05, 0) is 46.1 Å². The minimum atomic E-state index is 0.755. The van der Waals surface area contributed by atoms with Crippen LogP contribution in [0.25, 0.3) is 11.1 Å². The number of hydrogen-bond acceptors (Lipinski definition) is 2. The van der Waals surface area contributed by atoms with Gasteiger partial charge in [-0.3, -0.25) is 0 Å². The number of rotatable bonds is 9. The zero-order valence-corrected chi connectivity index (χ0v) is 16.2. The molecule has 0 aliphatic heterocycles. The van der Waals surface area contributed by atoms with Gasteiger partial charge in [-0.15, -0.1) is 0 Å². The zero-order valence-electron chi connectivity index (χ0n) is 14.5.